The molecule has 3 nitrogen and oxygen atoms in total. The Morgan fingerprint density at radius 2 is 1.93 bits per heavy atom. The molecule has 2 aliphatic rings. The molecule has 2 fully saturated rings. The summed E-state index contributed by atoms with van der Waals surface area (Å²) in [6.07, 6.45) is 7.86. The van der Waals surface area contributed by atoms with Gasteiger partial charge in [0.05, 0.1) is 0 Å². The summed E-state index contributed by atoms with van der Waals surface area (Å²) < 4.78 is 0. The Hall–Kier alpha value is -0.570. The second kappa shape index (κ2) is 4.97. The Morgan fingerprint density at radius 3 is 2.60 bits per heavy atom. The summed E-state index contributed by atoms with van der Waals surface area (Å²) in [6.45, 7) is 1.08. The number of carbonyl (C=O) groups is 1. The fourth-order valence-electron chi connectivity index (χ4n) is 3.30. The number of hydrogen-bond acceptors (Lipinski definition) is 2. The Kier molecular flexibility index (Phi) is 3.62. The number of aliphatic carboxylic acids is 1. The van der Waals surface area contributed by atoms with Crippen LogP contribution in [0.4, 0.5) is 0 Å². The standard InChI is InChI=1S/C12H21NO2/c14-11(15)8-10-6-3-7-13-12(10)9-4-1-2-5-9/h9-10,12-13H,1-8H2,(H,14,15)/t10-,12-/m1/s1. The smallest absolute Gasteiger partial charge is 0.303 e. The molecular weight excluding hydrogens is 190 g/mol. The number of rotatable bonds is 3. The van der Waals surface area contributed by atoms with Gasteiger partial charge in [-0.2, -0.15) is 0 Å². The van der Waals surface area contributed by atoms with E-state index in [9.17, 15) is 4.79 Å². The van der Waals surface area contributed by atoms with Gasteiger partial charge in [0.25, 0.3) is 0 Å². The van der Waals surface area contributed by atoms with Gasteiger partial charge in [-0.15, -0.1) is 0 Å². The van der Waals surface area contributed by atoms with Crippen LogP contribution < -0.4 is 5.32 Å². The minimum absolute atomic E-state index is 0.355. The number of carboxylic acid groups (broad SMARTS) is 1. The average molecular weight is 211 g/mol. The van der Waals surface area contributed by atoms with Crippen molar-refractivity contribution in [2.24, 2.45) is 11.8 Å². The highest BCUT2D eigenvalue weighted by Gasteiger charge is 2.33. The second-order valence-electron chi connectivity index (χ2n) is 5.02. The minimum atomic E-state index is -0.633. The lowest BCUT2D eigenvalue weighted by atomic mass is 9.80. The fraction of sp³-hybridized carbons (Fsp3) is 0.917. The van der Waals surface area contributed by atoms with Crippen molar-refractivity contribution in [3.05, 3.63) is 0 Å². The molecule has 0 amide bonds. The van der Waals surface area contributed by atoms with Gasteiger partial charge in [0.15, 0.2) is 0 Å². The molecule has 0 aromatic carbocycles. The number of carboxylic acids is 1. The van der Waals surface area contributed by atoms with Crippen molar-refractivity contribution in [3.8, 4) is 0 Å². The Bertz CT molecular complexity index is 224. The van der Waals surface area contributed by atoms with Crippen LogP contribution in [0.1, 0.15) is 44.9 Å². The highest BCUT2D eigenvalue weighted by molar-refractivity contribution is 5.67. The number of hydrogen-bond donors (Lipinski definition) is 2. The molecule has 2 atom stereocenters. The van der Waals surface area contributed by atoms with E-state index in [2.05, 4.69) is 5.32 Å². The lowest BCUT2D eigenvalue weighted by Gasteiger charge is -2.36. The summed E-state index contributed by atoms with van der Waals surface area (Å²) in [7, 11) is 0. The van der Waals surface area contributed by atoms with E-state index >= 15 is 0 Å². The highest BCUT2D eigenvalue weighted by atomic mass is 16.4. The van der Waals surface area contributed by atoms with Crippen LogP contribution in [0.15, 0.2) is 0 Å². The van der Waals surface area contributed by atoms with Gasteiger partial charge in [0.2, 0.25) is 0 Å². The van der Waals surface area contributed by atoms with Crippen molar-refractivity contribution >= 4 is 5.97 Å². The third-order valence-corrected chi connectivity index (χ3v) is 3.98. The lowest BCUT2D eigenvalue weighted by molar-refractivity contribution is -0.138. The molecule has 1 aliphatic heterocycles. The van der Waals surface area contributed by atoms with Gasteiger partial charge in [-0.25, -0.2) is 0 Å². The molecule has 0 unspecified atom stereocenters. The maximum Gasteiger partial charge on any atom is 0.303 e. The zero-order valence-corrected chi connectivity index (χ0v) is 9.24. The molecule has 1 saturated heterocycles. The first kappa shape index (κ1) is 10.9. The Labute approximate surface area is 91.2 Å². The zero-order chi connectivity index (χ0) is 10.7. The van der Waals surface area contributed by atoms with Crippen LogP contribution in [0.5, 0.6) is 0 Å². The molecule has 1 heterocycles. The van der Waals surface area contributed by atoms with Gasteiger partial charge in [0.1, 0.15) is 0 Å². The SMILES string of the molecule is O=C(O)C[C@H]1CCCN[C@@H]1C1CCCC1. The predicted molar refractivity (Wildman–Crippen MR) is 58.7 cm³/mol. The fourth-order valence-corrected chi connectivity index (χ4v) is 3.30. The average Bonchev–Trinajstić information content (AvgIpc) is 2.70. The number of piperidine rings is 1. The van der Waals surface area contributed by atoms with Gasteiger partial charge < -0.3 is 10.4 Å². The van der Waals surface area contributed by atoms with Gasteiger partial charge in [-0.05, 0) is 44.1 Å². The second-order valence-corrected chi connectivity index (χ2v) is 5.02. The topological polar surface area (TPSA) is 49.3 Å². The summed E-state index contributed by atoms with van der Waals surface area (Å²) in [5, 5.41) is 12.5. The van der Waals surface area contributed by atoms with Gasteiger partial charge in [0, 0.05) is 12.5 Å². The van der Waals surface area contributed by atoms with E-state index in [0.717, 1.165) is 25.3 Å². The van der Waals surface area contributed by atoms with Crippen LogP contribution in [0, 0.1) is 11.8 Å². The van der Waals surface area contributed by atoms with Crippen molar-refractivity contribution in [1.29, 1.82) is 0 Å². The first-order chi connectivity index (χ1) is 7.27. The monoisotopic (exact) mass is 211 g/mol. The lowest BCUT2D eigenvalue weighted by Crippen LogP contribution is -2.46. The minimum Gasteiger partial charge on any atom is -0.481 e. The molecule has 0 bridgehead atoms. The summed E-state index contributed by atoms with van der Waals surface area (Å²) in [5.74, 6) is 0.487. The summed E-state index contributed by atoms with van der Waals surface area (Å²) >= 11 is 0. The molecule has 2 rings (SSSR count). The largest absolute Gasteiger partial charge is 0.481 e. The van der Waals surface area contributed by atoms with Crippen LogP contribution in [0.2, 0.25) is 0 Å². The van der Waals surface area contributed by atoms with E-state index in [1.165, 1.54) is 25.7 Å². The summed E-state index contributed by atoms with van der Waals surface area (Å²) in [5.41, 5.74) is 0. The summed E-state index contributed by atoms with van der Waals surface area (Å²) in [4.78, 5) is 10.8. The molecule has 86 valence electrons. The van der Waals surface area contributed by atoms with Crippen molar-refractivity contribution in [2.75, 3.05) is 6.54 Å². The van der Waals surface area contributed by atoms with E-state index in [1.54, 1.807) is 0 Å². The molecule has 0 aromatic rings. The van der Waals surface area contributed by atoms with Crippen LogP contribution in [-0.4, -0.2) is 23.7 Å². The van der Waals surface area contributed by atoms with Crippen molar-refractivity contribution in [3.63, 3.8) is 0 Å². The van der Waals surface area contributed by atoms with Crippen LogP contribution in [0.25, 0.3) is 0 Å². The maximum atomic E-state index is 10.8. The molecule has 2 N–H and O–H groups in total. The molecule has 0 aromatic heterocycles. The van der Waals surface area contributed by atoms with Crippen LogP contribution >= 0.6 is 0 Å². The van der Waals surface area contributed by atoms with Gasteiger partial charge in [-0.3, -0.25) is 4.79 Å². The van der Waals surface area contributed by atoms with E-state index in [0.29, 0.717) is 18.4 Å². The third-order valence-electron chi connectivity index (χ3n) is 3.98. The van der Waals surface area contributed by atoms with Crippen molar-refractivity contribution in [1.82, 2.24) is 5.32 Å². The van der Waals surface area contributed by atoms with Gasteiger partial charge in [-0.1, -0.05) is 12.8 Å². The van der Waals surface area contributed by atoms with E-state index in [4.69, 9.17) is 5.11 Å². The predicted octanol–water partition coefficient (Wildman–Crippen LogP) is 2.02. The first-order valence-corrected chi connectivity index (χ1v) is 6.22. The van der Waals surface area contributed by atoms with Gasteiger partial charge >= 0.3 is 5.97 Å². The van der Waals surface area contributed by atoms with Crippen molar-refractivity contribution in [2.45, 2.75) is 51.0 Å². The Morgan fingerprint density at radius 1 is 1.20 bits per heavy atom. The van der Waals surface area contributed by atoms with E-state index in [1.807, 2.05) is 0 Å². The van der Waals surface area contributed by atoms with E-state index in [-0.39, 0.29) is 0 Å². The van der Waals surface area contributed by atoms with E-state index < -0.39 is 5.97 Å². The molecule has 3 heteroatoms. The highest BCUT2D eigenvalue weighted by Crippen LogP contribution is 2.34. The number of nitrogens with one attached hydrogen (secondary N) is 1. The van der Waals surface area contributed by atoms with Crippen LogP contribution in [0.3, 0.4) is 0 Å². The molecule has 1 aliphatic carbocycles. The van der Waals surface area contributed by atoms with Crippen molar-refractivity contribution < 1.29 is 9.90 Å². The summed E-state index contributed by atoms with van der Waals surface area (Å²) in [6, 6.07) is 0.484. The zero-order valence-electron chi connectivity index (χ0n) is 9.24. The maximum absolute atomic E-state index is 10.8. The first-order valence-electron chi connectivity index (χ1n) is 6.22. The Balaban J connectivity index is 1.95. The third kappa shape index (κ3) is 2.71. The normalized spacial score (nSPS) is 33.1. The quantitative estimate of drug-likeness (QED) is 0.751. The molecule has 1 saturated carbocycles. The molecule has 15 heavy (non-hydrogen) atoms. The molecule has 0 spiro atoms. The van der Waals surface area contributed by atoms with Crippen LogP contribution in [-0.2, 0) is 4.79 Å². The molecule has 0 radical (unpaired) electrons. The molecular formula is C12H21NO2.